The average Bonchev–Trinajstić information content (AvgIpc) is 2.43. The zero-order chi connectivity index (χ0) is 16.0. The van der Waals surface area contributed by atoms with Gasteiger partial charge in [-0.15, -0.1) is 0 Å². The molecule has 1 unspecified atom stereocenters. The highest BCUT2D eigenvalue weighted by molar-refractivity contribution is 6.30. The summed E-state index contributed by atoms with van der Waals surface area (Å²) in [6.07, 6.45) is 0. The minimum absolute atomic E-state index is 0.122. The van der Waals surface area contributed by atoms with Gasteiger partial charge in [-0.05, 0) is 37.6 Å². The number of rotatable bonds is 7. The van der Waals surface area contributed by atoms with E-state index in [1.807, 2.05) is 6.92 Å². The highest BCUT2D eigenvalue weighted by atomic mass is 35.5. The summed E-state index contributed by atoms with van der Waals surface area (Å²) in [5.74, 6) is -1.17. The van der Waals surface area contributed by atoms with Gasteiger partial charge in [-0.1, -0.05) is 18.5 Å². The van der Waals surface area contributed by atoms with Gasteiger partial charge < -0.3 is 14.7 Å². The summed E-state index contributed by atoms with van der Waals surface area (Å²) < 4.78 is 5.48. The number of carbonyl (C=O) groups excluding carboxylic acids is 1. The fourth-order valence-corrected chi connectivity index (χ4v) is 2.05. The van der Waals surface area contributed by atoms with E-state index in [1.54, 1.807) is 32.0 Å². The van der Waals surface area contributed by atoms with Crippen molar-refractivity contribution in [2.24, 2.45) is 5.92 Å². The molecule has 1 amide bonds. The highest BCUT2D eigenvalue weighted by Crippen LogP contribution is 2.21. The van der Waals surface area contributed by atoms with E-state index in [-0.39, 0.29) is 19.1 Å². The largest absolute Gasteiger partial charge is 0.483 e. The van der Waals surface area contributed by atoms with Crippen molar-refractivity contribution < 1.29 is 19.4 Å². The summed E-state index contributed by atoms with van der Waals surface area (Å²) >= 11 is 5.85. The molecule has 1 aromatic rings. The Morgan fingerprint density at radius 3 is 2.62 bits per heavy atom. The van der Waals surface area contributed by atoms with Crippen LogP contribution < -0.4 is 4.74 Å². The Kier molecular flexibility index (Phi) is 6.49. The molecule has 0 aliphatic heterocycles. The quantitative estimate of drug-likeness (QED) is 0.840. The Morgan fingerprint density at radius 1 is 1.43 bits per heavy atom. The molecule has 1 N–H and O–H groups in total. The molecule has 1 atom stereocenters. The Balaban J connectivity index is 2.60. The number of halogens is 1. The van der Waals surface area contributed by atoms with Crippen molar-refractivity contribution in [3.05, 3.63) is 28.8 Å². The van der Waals surface area contributed by atoms with Gasteiger partial charge in [0.15, 0.2) is 6.61 Å². The molecule has 0 aliphatic carbocycles. The topological polar surface area (TPSA) is 66.8 Å². The summed E-state index contributed by atoms with van der Waals surface area (Å²) in [4.78, 5) is 24.4. The van der Waals surface area contributed by atoms with Crippen molar-refractivity contribution >= 4 is 23.5 Å². The smallest absolute Gasteiger partial charge is 0.308 e. The molecule has 0 fully saturated rings. The lowest BCUT2D eigenvalue weighted by Crippen LogP contribution is -2.39. The zero-order valence-electron chi connectivity index (χ0n) is 12.4. The third kappa shape index (κ3) is 5.27. The zero-order valence-corrected chi connectivity index (χ0v) is 13.2. The molecule has 0 radical (unpaired) electrons. The maximum Gasteiger partial charge on any atom is 0.308 e. The molecular formula is C15H20ClNO4. The minimum atomic E-state index is -0.921. The lowest BCUT2D eigenvalue weighted by molar-refractivity contribution is -0.143. The van der Waals surface area contributed by atoms with Gasteiger partial charge in [-0.3, -0.25) is 9.59 Å². The predicted octanol–water partition coefficient (Wildman–Crippen LogP) is 2.60. The van der Waals surface area contributed by atoms with Gasteiger partial charge in [0, 0.05) is 18.1 Å². The lowest BCUT2D eigenvalue weighted by atomic mass is 10.1. The average molecular weight is 314 g/mol. The van der Waals surface area contributed by atoms with E-state index in [4.69, 9.17) is 21.4 Å². The van der Waals surface area contributed by atoms with E-state index >= 15 is 0 Å². The van der Waals surface area contributed by atoms with E-state index in [0.717, 1.165) is 5.56 Å². The molecule has 0 heterocycles. The summed E-state index contributed by atoms with van der Waals surface area (Å²) in [7, 11) is 0. The normalized spacial score (nSPS) is 11.8. The Bertz CT molecular complexity index is 518. The van der Waals surface area contributed by atoms with E-state index in [1.165, 1.54) is 4.90 Å². The van der Waals surface area contributed by atoms with Crippen LogP contribution in [0.3, 0.4) is 0 Å². The molecule has 0 aliphatic rings. The number of amides is 1. The molecule has 116 valence electrons. The molecule has 6 heteroatoms. The number of carboxylic acid groups (broad SMARTS) is 1. The highest BCUT2D eigenvalue weighted by Gasteiger charge is 2.19. The lowest BCUT2D eigenvalue weighted by Gasteiger charge is -2.23. The third-order valence-electron chi connectivity index (χ3n) is 3.14. The second-order valence-electron chi connectivity index (χ2n) is 4.87. The summed E-state index contributed by atoms with van der Waals surface area (Å²) in [5, 5.41) is 9.50. The second kappa shape index (κ2) is 7.88. The van der Waals surface area contributed by atoms with Crippen molar-refractivity contribution in [1.29, 1.82) is 0 Å². The maximum atomic E-state index is 12.1. The molecule has 0 aromatic heterocycles. The summed E-state index contributed by atoms with van der Waals surface area (Å²) in [6, 6.07) is 5.16. The van der Waals surface area contributed by atoms with Crippen LogP contribution in [-0.4, -0.2) is 41.6 Å². The number of carbonyl (C=O) groups is 2. The number of aryl methyl sites for hydroxylation is 1. The number of likely N-dealkylation sites (N-methyl/N-ethyl adjacent to an activating group) is 1. The minimum Gasteiger partial charge on any atom is -0.483 e. The van der Waals surface area contributed by atoms with Crippen LogP contribution in [0.25, 0.3) is 0 Å². The first-order chi connectivity index (χ1) is 9.85. The van der Waals surface area contributed by atoms with Crippen LogP contribution in [0.5, 0.6) is 5.75 Å². The van der Waals surface area contributed by atoms with Gasteiger partial charge in [0.25, 0.3) is 5.91 Å². The molecule has 5 nitrogen and oxygen atoms in total. The van der Waals surface area contributed by atoms with Crippen molar-refractivity contribution in [2.45, 2.75) is 20.8 Å². The van der Waals surface area contributed by atoms with Crippen LogP contribution in [0.15, 0.2) is 18.2 Å². The number of hydrogen-bond acceptors (Lipinski definition) is 3. The summed E-state index contributed by atoms with van der Waals surface area (Å²) in [5.41, 5.74) is 0.845. The Labute approximate surface area is 129 Å². The van der Waals surface area contributed by atoms with Gasteiger partial charge >= 0.3 is 5.97 Å². The molecular weight excluding hydrogens is 294 g/mol. The van der Waals surface area contributed by atoms with Crippen molar-refractivity contribution in [1.82, 2.24) is 4.90 Å². The Morgan fingerprint density at radius 2 is 2.10 bits per heavy atom. The van der Waals surface area contributed by atoms with Crippen LogP contribution in [0.4, 0.5) is 0 Å². The number of benzene rings is 1. The third-order valence-corrected chi connectivity index (χ3v) is 3.37. The first-order valence-electron chi connectivity index (χ1n) is 6.74. The van der Waals surface area contributed by atoms with E-state index in [0.29, 0.717) is 17.3 Å². The van der Waals surface area contributed by atoms with Crippen LogP contribution in [0.2, 0.25) is 5.02 Å². The van der Waals surface area contributed by atoms with Crippen LogP contribution in [0.1, 0.15) is 19.4 Å². The van der Waals surface area contributed by atoms with E-state index < -0.39 is 11.9 Å². The number of hydrogen-bond donors (Lipinski definition) is 1. The Hall–Kier alpha value is -1.75. The first kappa shape index (κ1) is 17.3. The number of carboxylic acids is 1. The van der Waals surface area contributed by atoms with Crippen LogP contribution >= 0.6 is 11.6 Å². The molecule has 1 rings (SSSR count). The monoisotopic (exact) mass is 313 g/mol. The van der Waals surface area contributed by atoms with Crippen molar-refractivity contribution in [3.63, 3.8) is 0 Å². The molecule has 1 aromatic carbocycles. The van der Waals surface area contributed by atoms with Gasteiger partial charge in [0.2, 0.25) is 0 Å². The molecule has 0 saturated heterocycles. The van der Waals surface area contributed by atoms with Gasteiger partial charge in [-0.25, -0.2) is 0 Å². The summed E-state index contributed by atoms with van der Waals surface area (Å²) in [6.45, 7) is 5.72. The van der Waals surface area contributed by atoms with Gasteiger partial charge in [0.05, 0.1) is 5.92 Å². The van der Waals surface area contributed by atoms with Crippen LogP contribution in [0, 0.1) is 12.8 Å². The second-order valence-corrected chi connectivity index (χ2v) is 5.31. The van der Waals surface area contributed by atoms with Crippen molar-refractivity contribution in [3.8, 4) is 5.75 Å². The molecule has 21 heavy (non-hydrogen) atoms. The predicted molar refractivity (Wildman–Crippen MR) is 80.7 cm³/mol. The first-order valence-corrected chi connectivity index (χ1v) is 7.12. The maximum absolute atomic E-state index is 12.1. The molecule has 0 spiro atoms. The fraction of sp³-hybridized carbons (Fsp3) is 0.467. The number of nitrogens with zero attached hydrogens (tertiary/aromatic N) is 1. The number of ether oxygens (including phenoxy) is 1. The SMILES string of the molecule is CCN(CC(C)C(=O)O)C(=O)COc1ccc(Cl)cc1C. The van der Waals surface area contributed by atoms with E-state index in [2.05, 4.69) is 0 Å². The standard InChI is InChI=1S/C15H20ClNO4/c1-4-17(8-11(3)15(19)20)14(18)9-21-13-6-5-12(16)7-10(13)2/h5-7,11H,4,8-9H2,1-3H3,(H,19,20). The van der Waals surface area contributed by atoms with Crippen LogP contribution in [-0.2, 0) is 9.59 Å². The van der Waals surface area contributed by atoms with Crippen molar-refractivity contribution in [2.75, 3.05) is 19.7 Å². The number of aliphatic carboxylic acids is 1. The van der Waals surface area contributed by atoms with Gasteiger partial charge in [-0.2, -0.15) is 0 Å². The van der Waals surface area contributed by atoms with Gasteiger partial charge in [0.1, 0.15) is 5.75 Å². The molecule has 0 bridgehead atoms. The van der Waals surface area contributed by atoms with E-state index in [9.17, 15) is 9.59 Å². The fourth-order valence-electron chi connectivity index (χ4n) is 1.82. The molecule has 0 saturated carbocycles.